The molecule has 1 aliphatic heterocycles. The van der Waals surface area contributed by atoms with Gasteiger partial charge in [-0.3, -0.25) is 29.8 Å². The average Bonchev–Trinajstić information content (AvgIpc) is 3.50. The van der Waals surface area contributed by atoms with Crippen LogP contribution in [0.3, 0.4) is 0 Å². The topological polar surface area (TPSA) is 145 Å². The molecule has 0 N–H and O–H groups in total. The second kappa shape index (κ2) is 8.18. The summed E-state index contributed by atoms with van der Waals surface area (Å²) in [6.45, 7) is -0.172. The van der Waals surface area contributed by atoms with Crippen molar-refractivity contribution in [2.45, 2.75) is 13.0 Å². The first kappa shape index (κ1) is 21.4. The van der Waals surface area contributed by atoms with Gasteiger partial charge in [0.2, 0.25) is 5.75 Å². The minimum Gasteiger partial charge on any atom is -0.481 e. The van der Waals surface area contributed by atoms with E-state index in [1.807, 2.05) is 12.2 Å². The molecule has 0 radical (unpaired) electrons. The third kappa shape index (κ3) is 3.51. The standard InChI is InChI=1S/C23H18N4O7/c28-22-19-14-7-8-15(10-14)20(19)23(29)25(22)24-11-16-4-2-6-18(27(32)33)21(16)34-12-13-3-1-5-17(9-13)26(30)31/h1-9,11,14-15,19-20H,10,12H2/t14-,15-,19-,20+/m0/s1. The third-order valence-corrected chi connectivity index (χ3v) is 6.49. The number of carbonyl (C=O) groups is 2. The fourth-order valence-electron chi connectivity index (χ4n) is 4.98. The average molecular weight is 462 g/mol. The molecule has 11 nitrogen and oxygen atoms in total. The Bertz CT molecular complexity index is 1260. The van der Waals surface area contributed by atoms with Crippen molar-refractivity contribution in [1.82, 2.24) is 5.01 Å². The second-order valence-electron chi connectivity index (χ2n) is 8.40. The van der Waals surface area contributed by atoms with Crippen LogP contribution in [0.1, 0.15) is 17.5 Å². The zero-order valence-electron chi connectivity index (χ0n) is 17.6. The molecule has 1 saturated carbocycles. The van der Waals surface area contributed by atoms with Crippen LogP contribution in [-0.2, 0) is 16.2 Å². The summed E-state index contributed by atoms with van der Waals surface area (Å²) < 4.78 is 5.68. The number of nitro benzene ring substituents is 2. The van der Waals surface area contributed by atoms with Crippen molar-refractivity contribution < 1.29 is 24.2 Å². The molecule has 0 unspecified atom stereocenters. The second-order valence-corrected chi connectivity index (χ2v) is 8.40. The number of hydrogen-bond donors (Lipinski definition) is 0. The number of hydrogen-bond acceptors (Lipinski definition) is 8. The molecule has 3 aliphatic rings. The molecule has 2 bridgehead atoms. The number of hydrazone groups is 1. The molecule has 5 rings (SSSR count). The molecular formula is C23H18N4O7. The Morgan fingerprint density at radius 3 is 2.32 bits per heavy atom. The lowest BCUT2D eigenvalue weighted by molar-refractivity contribution is -0.386. The Morgan fingerprint density at radius 1 is 1.00 bits per heavy atom. The van der Waals surface area contributed by atoms with E-state index in [2.05, 4.69) is 5.10 Å². The van der Waals surface area contributed by atoms with Crippen LogP contribution in [0.25, 0.3) is 0 Å². The van der Waals surface area contributed by atoms with E-state index in [4.69, 9.17) is 4.74 Å². The molecule has 1 heterocycles. The van der Waals surface area contributed by atoms with Gasteiger partial charge in [-0.25, -0.2) is 0 Å². The molecule has 2 aromatic carbocycles. The molecule has 4 atom stereocenters. The van der Waals surface area contributed by atoms with E-state index in [9.17, 15) is 29.8 Å². The third-order valence-electron chi connectivity index (χ3n) is 6.49. The summed E-state index contributed by atoms with van der Waals surface area (Å²) in [4.78, 5) is 47.1. The largest absolute Gasteiger partial charge is 0.481 e. The highest BCUT2D eigenvalue weighted by Crippen LogP contribution is 2.52. The van der Waals surface area contributed by atoms with Crippen molar-refractivity contribution in [2.24, 2.45) is 28.8 Å². The van der Waals surface area contributed by atoms with Gasteiger partial charge in [0.15, 0.2) is 0 Å². The quantitative estimate of drug-likeness (QED) is 0.202. The lowest BCUT2D eigenvalue weighted by Crippen LogP contribution is -2.28. The number of imide groups is 1. The summed E-state index contributed by atoms with van der Waals surface area (Å²) in [5, 5.41) is 27.5. The molecule has 0 aromatic heterocycles. The Morgan fingerprint density at radius 2 is 1.68 bits per heavy atom. The van der Waals surface area contributed by atoms with Crippen molar-refractivity contribution >= 4 is 29.4 Å². The molecule has 172 valence electrons. The first-order valence-electron chi connectivity index (χ1n) is 10.6. The number of non-ortho nitro benzene ring substituents is 1. The number of amides is 2. The fraction of sp³-hybridized carbons (Fsp3) is 0.261. The first-order chi connectivity index (χ1) is 16.3. The molecule has 0 spiro atoms. The van der Waals surface area contributed by atoms with Gasteiger partial charge in [-0.2, -0.15) is 10.1 Å². The summed E-state index contributed by atoms with van der Waals surface area (Å²) >= 11 is 0. The number of ether oxygens (including phenoxy) is 1. The number of carbonyl (C=O) groups excluding carboxylic acids is 2. The molecule has 11 heteroatoms. The van der Waals surface area contributed by atoms with Crippen LogP contribution in [0.2, 0.25) is 0 Å². The smallest absolute Gasteiger partial charge is 0.311 e. The Labute approximate surface area is 192 Å². The SMILES string of the molecule is O=C1[C@@H]2[C@H](C(=O)N1N=Cc1cccc([N+](=O)[O-])c1OCc1cccc([N+](=O)[O-])c1)[C@H]1C=C[C@H]2C1. The highest BCUT2D eigenvalue weighted by Gasteiger charge is 2.59. The van der Waals surface area contributed by atoms with E-state index in [-0.39, 0.29) is 52.9 Å². The summed E-state index contributed by atoms with van der Waals surface area (Å²) in [6, 6.07) is 9.92. The van der Waals surface area contributed by atoms with Crippen molar-refractivity contribution in [2.75, 3.05) is 0 Å². The monoisotopic (exact) mass is 462 g/mol. The number of rotatable bonds is 7. The van der Waals surface area contributed by atoms with Gasteiger partial charge in [0.1, 0.15) is 6.61 Å². The predicted octanol–water partition coefficient (Wildman–Crippen LogP) is 3.22. The molecule has 1 saturated heterocycles. The van der Waals surface area contributed by atoms with Gasteiger partial charge in [-0.15, -0.1) is 0 Å². The normalized spacial score (nSPS) is 24.8. The van der Waals surface area contributed by atoms with Crippen LogP contribution in [0.4, 0.5) is 11.4 Å². The molecular weight excluding hydrogens is 444 g/mol. The predicted molar refractivity (Wildman–Crippen MR) is 118 cm³/mol. The van der Waals surface area contributed by atoms with Crippen LogP contribution in [0, 0.1) is 43.9 Å². The van der Waals surface area contributed by atoms with E-state index in [0.29, 0.717) is 5.56 Å². The number of nitro groups is 2. The maximum absolute atomic E-state index is 12.8. The lowest BCUT2D eigenvalue weighted by atomic mass is 9.85. The molecule has 2 amide bonds. The number of fused-ring (bicyclic) bond motifs is 5. The summed E-state index contributed by atoms with van der Waals surface area (Å²) in [5.41, 5.74) is 0.160. The van der Waals surface area contributed by atoms with E-state index in [1.165, 1.54) is 42.6 Å². The molecule has 2 fully saturated rings. The number of benzene rings is 2. The summed E-state index contributed by atoms with van der Waals surface area (Å²) in [6.07, 6.45) is 5.95. The van der Waals surface area contributed by atoms with E-state index < -0.39 is 21.7 Å². The Kier molecular flexibility index (Phi) is 5.16. The number of allylic oxidation sites excluding steroid dienone is 2. The van der Waals surface area contributed by atoms with Crippen molar-refractivity contribution in [3.05, 3.63) is 86.0 Å². The van der Waals surface area contributed by atoms with Crippen LogP contribution in [-0.4, -0.2) is 32.9 Å². The van der Waals surface area contributed by atoms with Gasteiger partial charge < -0.3 is 4.74 Å². The zero-order valence-corrected chi connectivity index (χ0v) is 17.6. The van der Waals surface area contributed by atoms with Gasteiger partial charge in [0, 0.05) is 23.8 Å². The Balaban J connectivity index is 1.41. The van der Waals surface area contributed by atoms with Crippen molar-refractivity contribution in [1.29, 1.82) is 0 Å². The van der Waals surface area contributed by atoms with Crippen molar-refractivity contribution in [3.63, 3.8) is 0 Å². The van der Waals surface area contributed by atoms with Gasteiger partial charge in [-0.05, 0) is 29.9 Å². The lowest BCUT2D eigenvalue weighted by Gasteiger charge is -2.13. The summed E-state index contributed by atoms with van der Waals surface area (Å²) in [7, 11) is 0. The maximum atomic E-state index is 12.8. The van der Waals surface area contributed by atoms with Gasteiger partial charge in [-0.1, -0.05) is 30.4 Å². The van der Waals surface area contributed by atoms with Crippen LogP contribution in [0.15, 0.2) is 59.7 Å². The van der Waals surface area contributed by atoms with E-state index in [1.54, 1.807) is 6.07 Å². The zero-order chi connectivity index (χ0) is 24.0. The van der Waals surface area contributed by atoms with Gasteiger partial charge in [0.05, 0.1) is 27.9 Å². The minimum atomic E-state index is -0.625. The summed E-state index contributed by atoms with van der Waals surface area (Å²) in [5.74, 6) is -1.59. The van der Waals surface area contributed by atoms with Gasteiger partial charge in [0.25, 0.3) is 17.5 Å². The highest BCUT2D eigenvalue weighted by atomic mass is 16.6. The minimum absolute atomic E-state index is 0.0401. The molecule has 34 heavy (non-hydrogen) atoms. The maximum Gasteiger partial charge on any atom is 0.311 e. The first-order valence-corrected chi connectivity index (χ1v) is 10.6. The number of nitrogens with zero attached hydrogens (tertiary/aromatic N) is 4. The van der Waals surface area contributed by atoms with Crippen molar-refractivity contribution in [3.8, 4) is 5.75 Å². The van der Waals surface area contributed by atoms with E-state index in [0.717, 1.165) is 11.4 Å². The molecule has 2 aromatic rings. The van der Waals surface area contributed by atoms with Gasteiger partial charge >= 0.3 is 5.69 Å². The number of para-hydroxylation sites is 1. The fourth-order valence-corrected chi connectivity index (χ4v) is 4.98. The Hall–Kier alpha value is -4.41. The highest BCUT2D eigenvalue weighted by molar-refractivity contribution is 6.07. The van der Waals surface area contributed by atoms with Crippen LogP contribution >= 0.6 is 0 Å². The molecule has 2 aliphatic carbocycles. The van der Waals surface area contributed by atoms with E-state index >= 15 is 0 Å². The van der Waals surface area contributed by atoms with Crippen LogP contribution in [0.5, 0.6) is 5.75 Å². The van der Waals surface area contributed by atoms with Crippen LogP contribution < -0.4 is 4.74 Å².